The lowest BCUT2D eigenvalue weighted by atomic mass is 10.1. The summed E-state index contributed by atoms with van der Waals surface area (Å²) in [5.41, 5.74) is 1.93. The van der Waals surface area contributed by atoms with E-state index in [1.54, 1.807) is 4.90 Å². The molecule has 26 heavy (non-hydrogen) atoms. The molecule has 0 aliphatic heterocycles. The molecule has 0 N–H and O–H groups in total. The minimum atomic E-state index is 0.0888. The van der Waals surface area contributed by atoms with Crippen LogP contribution in [0.5, 0.6) is 0 Å². The minimum Gasteiger partial charge on any atom is -0.308 e. The first-order chi connectivity index (χ1) is 12.5. The number of carbonyl (C=O) groups excluding carboxylic acids is 1. The third-order valence-electron chi connectivity index (χ3n) is 4.13. The van der Waals surface area contributed by atoms with Crippen molar-refractivity contribution in [2.45, 2.75) is 12.8 Å². The van der Waals surface area contributed by atoms with Gasteiger partial charge in [0.2, 0.25) is 5.91 Å². The number of thiazole rings is 1. The van der Waals surface area contributed by atoms with Gasteiger partial charge in [-0.15, -0.1) is 0 Å². The summed E-state index contributed by atoms with van der Waals surface area (Å²) in [5.74, 6) is 0.0888. The molecule has 0 aliphatic carbocycles. The molecule has 1 heterocycles. The number of anilines is 1. The number of hydrogen-bond donors (Lipinski definition) is 0. The van der Waals surface area contributed by atoms with Crippen molar-refractivity contribution in [2.75, 3.05) is 32.1 Å². The number of nitrogens with zero attached hydrogens (tertiary/aromatic N) is 3. The lowest BCUT2D eigenvalue weighted by molar-refractivity contribution is -0.118. The van der Waals surface area contributed by atoms with Gasteiger partial charge in [0, 0.05) is 19.5 Å². The maximum Gasteiger partial charge on any atom is 0.229 e. The molecule has 0 fully saturated rings. The van der Waals surface area contributed by atoms with E-state index in [1.165, 1.54) is 16.9 Å². The summed E-state index contributed by atoms with van der Waals surface area (Å²) >= 11 is 7.77. The molecule has 0 unspecified atom stereocenters. The number of hydrogen-bond acceptors (Lipinski definition) is 4. The number of halogens is 1. The summed E-state index contributed by atoms with van der Waals surface area (Å²) in [5, 5.41) is 1.34. The van der Waals surface area contributed by atoms with Crippen molar-refractivity contribution in [3.63, 3.8) is 0 Å². The van der Waals surface area contributed by atoms with E-state index in [1.807, 2.05) is 50.5 Å². The van der Waals surface area contributed by atoms with Gasteiger partial charge in [0.15, 0.2) is 5.13 Å². The van der Waals surface area contributed by atoms with E-state index in [2.05, 4.69) is 22.0 Å². The Morgan fingerprint density at radius 1 is 1.08 bits per heavy atom. The van der Waals surface area contributed by atoms with Crippen molar-refractivity contribution in [2.24, 2.45) is 0 Å². The van der Waals surface area contributed by atoms with E-state index in [0.717, 1.165) is 23.2 Å². The highest BCUT2D eigenvalue weighted by atomic mass is 35.5. The van der Waals surface area contributed by atoms with Gasteiger partial charge in [0.05, 0.1) is 9.72 Å². The molecule has 3 aromatic rings. The van der Waals surface area contributed by atoms with Crippen LogP contribution in [-0.2, 0) is 11.2 Å². The number of aryl methyl sites for hydroxylation is 1. The van der Waals surface area contributed by atoms with Crippen LogP contribution in [-0.4, -0.2) is 43.0 Å². The summed E-state index contributed by atoms with van der Waals surface area (Å²) in [6.07, 6.45) is 1.19. The van der Waals surface area contributed by atoms with Crippen molar-refractivity contribution >= 4 is 44.2 Å². The van der Waals surface area contributed by atoms with E-state index in [0.29, 0.717) is 23.1 Å². The molecule has 136 valence electrons. The van der Waals surface area contributed by atoms with Crippen molar-refractivity contribution in [3.8, 4) is 0 Å². The first kappa shape index (κ1) is 18.8. The topological polar surface area (TPSA) is 36.4 Å². The standard InChI is InChI=1S/C20H22ClN3OS/c1-23(2)13-14-24(18(25)12-11-15-7-4-3-5-8-15)20-22-19-16(21)9-6-10-17(19)26-20/h3-10H,11-14H2,1-2H3. The van der Waals surface area contributed by atoms with Crippen molar-refractivity contribution < 1.29 is 4.79 Å². The zero-order valence-corrected chi connectivity index (χ0v) is 16.6. The largest absolute Gasteiger partial charge is 0.308 e. The van der Waals surface area contributed by atoms with Crippen LogP contribution >= 0.6 is 22.9 Å². The van der Waals surface area contributed by atoms with Crippen LogP contribution in [0, 0.1) is 0 Å². The monoisotopic (exact) mass is 387 g/mol. The fraction of sp³-hybridized carbons (Fsp3) is 0.300. The van der Waals surface area contributed by atoms with Crippen LogP contribution in [0.15, 0.2) is 48.5 Å². The van der Waals surface area contributed by atoms with Gasteiger partial charge in [0.1, 0.15) is 5.52 Å². The van der Waals surface area contributed by atoms with E-state index in [-0.39, 0.29) is 5.91 Å². The third-order valence-corrected chi connectivity index (χ3v) is 5.48. The van der Waals surface area contributed by atoms with E-state index >= 15 is 0 Å². The second kappa shape index (κ2) is 8.62. The van der Waals surface area contributed by atoms with E-state index in [9.17, 15) is 4.79 Å². The summed E-state index contributed by atoms with van der Waals surface area (Å²) < 4.78 is 0.998. The van der Waals surface area contributed by atoms with Crippen molar-refractivity contribution in [1.82, 2.24) is 9.88 Å². The van der Waals surface area contributed by atoms with E-state index < -0.39 is 0 Å². The molecule has 0 saturated heterocycles. The molecular formula is C20H22ClN3OS. The van der Waals surface area contributed by atoms with E-state index in [4.69, 9.17) is 11.6 Å². The summed E-state index contributed by atoms with van der Waals surface area (Å²) in [4.78, 5) is 21.4. The molecular weight excluding hydrogens is 366 g/mol. The Morgan fingerprint density at radius 2 is 1.85 bits per heavy atom. The summed E-state index contributed by atoms with van der Waals surface area (Å²) in [7, 11) is 4.00. The van der Waals surface area contributed by atoms with Crippen LogP contribution in [0.25, 0.3) is 10.2 Å². The average Bonchev–Trinajstić information content (AvgIpc) is 3.06. The Balaban J connectivity index is 1.81. The molecule has 4 nitrogen and oxygen atoms in total. The Labute approximate surface area is 163 Å². The number of amides is 1. The second-order valence-corrected chi connectivity index (χ2v) is 7.83. The van der Waals surface area contributed by atoms with Gasteiger partial charge in [-0.25, -0.2) is 4.98 Å². The predicted molar refractivity (Wildman–Crippen MR) is 110 cm³/mol. The van der Waals surface area contributed by atoms with Gasteiger partial charge in [-0.3, -0.25) is 9.69 Å². The van der Waals surface area contributed by atoms with Crippen molar-refractivity contribution in [1.29, 1.82) is 0 Å². The molecule has 0 spiro atoms. The maximum absolute atomic E-state index is 12.9. The van der Waals surface area contributed by atoms with Crippen LogP contribution in [0.3, 0.4) is 0 Å². The highest BCUT2D eigenvalue weighted by Crippen LogP contribution is 2.33. The zero-order chi connectivity index (χ0) is 18.5. The normalized spacial score (nSPS) is 11.2. The number of benzene rings is 2. The van der Waals surface area contributed by atoms with Crippen LogP contribution < -0.4 is 4.90 Å². The lowest BCUT2D eigenvalue weighted by Gasteiger charge is -2.22. The lowest BCUT2D eigenvalue weighted by Crippen LogP contribution is -2.36. The second-order valence-electron chi connectivity index (χ2n) is 6.42. The number of rotatable bonds is 7. The Hall–Kier alpha value is -1.95. The minimum absolute atomic E-state index is 0.0888. The Morgan fingerprint density at radius 3 is 2.54 bits per heavy atom. The SMILES string of the molecule is CN(C)CCN(C(=O)CCc1ccccc1)c1nc2c(Cl)cccc2s1. The Kier molecular flexibility index (Phi) is 6.25. The quantitative estimate of drug-likeness (QED) is 0.599. The number of para-hydroxylation sites is 1. The first-order valence-electron chi connectivity index (χ1n) is 8.58. The zero-order valence-electron chi connectivity index (χ0n) is 15.0. The third kappa shape index (κ3) is 4.61. The number of fused-ring (bicyclic) bond motifs is 1. The van der Waals surface area contributed by atoms with Crippen molar-refractivity contribution in [3.05, 3.63) is 59.1 Å². The van der Waals surface area contributed by atoms with Crippen LogP contribution in [0.1, 0.15) is 12.0 Å². The van der Waals surface area contributed by atoms with Gasteiger partial charge < -0.3 is 4.90 Å². The fourth-order valence-corrected chi connectivity index (χ4v) is 3.99. The smallest absolute Gasteiger partial charge is 0.229 e. The Bertz CT molecular complexity index is 879. The summed E-state index contributed by atoms with van der Waals surface area (Å²) in [6.45, 7) is 1.39. The molecule has 3 rings (SSSR count). The fourth-order valence-electron chi connectivity index (χ4n) is 2.68. The molecule has 0 bridgehead atoms. The maximum atomic E-state index is 12.9. The van der Waals surface area contributed by atoms with Gasteiger partial charge >= 0.3 is 0 Å². The highest BCUT2D eigenvalue weighted by Gasteiger charge is 2.20. The highest BCUT2D eigenvalue weighted by molar-refractivity contribution is 7.22. The van der Waals surface area contributed by atoms with Gasteiger partial charge in [-0.2, -0.15) is 0 Å². The number of likely N-dealkylation sites (N-methyl/N-ethyl adjacent to an activating group) is 1. The van der Waals surface area contributed by atoms with Gasteiger partial charge in [0.25, 0.3) is 0 Å². The number of carbonyl (C=O) groups is 1. The van der Waals surface area contributed by atoms with Crippen LogP contribution in [0.4, 0.5) is 5.13 Å². The number of aromatic nitrogens is 1. The molecule has 6 heteroatoms. The average molecular weight is 388 g/mol. The molecule has 0 aliphatic rings. The molecule has 2 aromatic carbocycles. The summed E-state index contributed by atoms with van der Waals surface area (Å²) in [6, 6.07) is 15.8. The molecule has 0 saturated carbocycles. The molecule has 0 radical (unpaired) electrons. The molecule has 0 atom stereocenters. The predicted octanol–water partition coefficient (Wildman–Crippen LogP) is 4.48. The van der Waals surface area contributed by atoms with Gasteiger partial charge in [-0.05, 0) is 38.2 Å². The molecule has 1 aromatic heterocycles. The first-order valence-corrected chi connectivity index (χ1v) is 9.78. The van der Waals surface area contributed by atoms with Gasteiger partial charge in [-0.1, -0.05) is 59.3 Å². The molecule has 1 amide bonds. The van der Waals surface area contributed by atoms with Crippen LogP contribution in [0.2, 0.25) is 5.02 Å².